The first kappa shape index (κ1) is 32.0. The monoisotopic (exact) mass is 573 g/mol. The van der Waals surface area contributed by atoms with E-state index in [9.17, 15) is 14.4 Å². The molecular weight excluding hydrogens is 534 g/mol. The molecule has 0 spiro atoms. The molecule has 42 heavy (non-hydrogen) atoms. The molecule has 10 heteroatoms. The van der Waals surface area contributed by atoms with Gasteiger partial charge in [0.05, 0.1) is 0 Å². The zero-order valence-electron chi connectivity index (χ0n) is 24.3. The highest BCUT2D eigenvalue weighted by molar-refractivity contribution is 6.07. The van der Waals surface area contributed by atoms with Crippen LogP contribution in [0.15, 0.2) is 48.6 Å². The Hall–Kier alpha value is -4.56. The molecule has 5 N–H and O–H groups in total. The lowest BCUT2D eigenvalue weighted by Crippen LogP contribution is -2.55. The fourth-order valence-electron chi connectivity index (χ4n) is 5.14. The number of unbranched alkanes of at least 4 members (excludes halogenated alkanes) is 1. The predicted molar refractivity (Wildman–Crippen MR) is 161 cm³/mol. The number of nitrogens with one attached hydrogen (secondary N) is 5. The summed E-state index contributed by atoms with van der Waals surface area (Å²) in [5.74, 6) is -0.927. The van der Waals surface area contributed by atoms with E-state index in [1.54, 1.807) is 6.92 Å². The van der Waals surface area contributed by atoms with E-state index >= 15 is 0 Å². The lowest BCUT2D eigenvalue weighted by Gasteiger charge is -2.24. The van der Waals surface area contributed by atoms with Crippen LogP contribution >= 0.6 is 0 Å². The molecule has 2 aromatic carbocycles. The fourth-order valence-corrected chi connectivity index (χ4v) is 5.14. The van der Waals surface area contributed by atoms with Crippen molar-refractivity contribution < 1.29 is 24.0 Å². The SMILES string of the molecule is CC(=N)CCCC[C@@H]1NC(=O)C(NC(C)=O)Cc2ccc3[nH]c4ccc(cc4c3c2)CC=CC[C@@H](C)NC1=O.O=C=O. The molecule has 1 aromatic heterocycles. The summed E-state index contributed by atoms with van der Waals surface area (Å²) in [6.45, 7) is 5.11. The quantitative estimate of drug-likeness (QED) is 0.172. The molecule has 3 aromatic rings. The highest BCUT2D eigenvalue weighted by atomic mass is 16.2. The summed E-state index contributed by atoms with van der Waals surface area (Å²) in [7, 11) is 0. The van der Waals surface area contributed by atoms with Gasteiger partial charge in [0.25, 0.3) is 0 Å². The normalized spacial score (nSPS) is 19.4. The van der Waals surface area contributed by atoms with E-state index in [2.05, 4.69) is 57.4 Å². The number of rotatable bonds is 6. The molecular formula is C32H39N5O5. The van der Waals surface area contributed by atoms with Gasteiger partial charge in [-0.25, -0.2) is 0 Å². The molecule has 0 aliphatic carbocycles. The number of benzene rings is 2. The van der Waals surface area contributed by atoms with Gasteiger partial charge in [-0.15, -0.1) is 0 Å². The van der Waals surface area contributed by atoms with Crippen LogP contribution in [0.4, 0.5) is 0 Å². The standard InChI is InChI=1S/C31H39N5O3.CO2/c1-19(32)8-4-7-11-28-30(38)33-20(2)9-5-6-10-22-12-14-26-24(16-22)25-17-23(13-15-27(25)35-26)18-29(31(39)36-28)34-21(3)37;2-1-3/h5-6,12-17,20,28-29,32,35H,4,7-11,18H2,1-3H3,(H,33,38)(H,34,37)(H,36,39);/t20-,28+,29?;/m1./s1. The second-order valence-corrected chi connectivity index (χ2v) is 10.8. The summed E-state index contributed by atoms with van der Waals surface area (Å²) in [4.78, 5) is 58.5. The number of aromatic nitrogens is 1. The van der Waals surface area contributed by atoms with Crippen LogP contribution in [0.1, 0.15) is 64.0 Å². The minimum atomic E-state index is -0.820. The van der Waals surface area contributed by atoms with E-state index in [1.165, 1.54) is 12.5 Å². The van der Waals surface area contributed by atoms with Gasteiger partial charge in [-0.05, 0) is 81.3 Å². The molecule has 1 unspecified atom stereocenters. The van der Waals surface area contributed by atoms with Gasteiger partial charge in [-0.2, -0.15) is 9.59 Å². The smallest absolute Gasteiger partial charge is 0.355 e. The zero-order valence-corrected chi connectivity index (χ0v) is 24.3. The molecule has 0 saturated heterocycles. The number of carbonyl (C=O) groups excluding carboxylic acids is 5. The van der Waals surface area contributed by atoms with Crippen molar-refractivity contribution in [3.05, 3.63) is 59.7 Å². The van der Waals surface area contributed by atoms with Crippen LogP contribution in [0.2, 0.25) is 0 Å². The first-order valence-corrected chi connectivity index (χ1v) is 14.2. The van der Waals surface area contributed by atoms with Crippen LogP contribution in [-0.2, 0) is 36.8 Å². The Bertz CT molecular complexity index is 1500. The number of amides is 3. The fraction of sp³-hybridized carbons (Fsp3) is 0.406. The van der Waals surface area contributed by atoms with Crippen LogP contribution < -0.4 is 16.0 Å². The van der Waals surface area contributed by atoms with Gasteiger partial charge in [0.15, 0.2) is 0 Å². The molecule has 3 amide bonds. The Morgan fingerprint density at radius 2 is 1.60 bits per heavy atom. The minimum absolute atomic E-state index is 0.103. The molecule has 2 heterocycles. The molecule has 1 aliphatic rings. The maximum absolute atomic E-state index is 13.5. The summed E-state index contributed by atoms with van der Waals surface area (Å²) < 4.78 is 0. The van der Waals surface area contributed by atoms with E-state index in [4.69, 9.17) is 15.0 Å². The highest BCUT2D eigenvalue weighted by Crippen LogP contribution is 2.28. The van der Waals surface area contributed by atoms with Crippen molar-refractivity contribution in [1.29, 1.82) is 5.41 Å². The Morgan fingerprint density at radius 3 is 2.24 bits per heavy atom. The van der Waals surface area contributed by atoms with E-state index in [1.807, 2.05) is 19.1 Å². The van der Waals surface area contributed by atoms with Crippen molar-refractivity contribution in [3.8, 4) is 0 Å². The third kappa shape index (κ3) is 9.24. The molecule has 4 rings (SSSR count). The van der Waals surface area contributed by atoms with Gasteiger partial charge in [-0.1, -0.05) is 30.7 Å². The predicted octanol–water partition coefficient (Wildman–Crippen LogP) is 3.88. The molecule has 0 saturated carbocycles. The second-order valence-electron chi connectivity index (χ2n) is 10.8. The van der Waals surface area contributed by atoms with Crippen molar-refractivity contribution in [2.75, 3.05) is 0 Å². The largest absolute Gasteiger partial charge is 0.373 e. The zero-order chi connectivity index (χ0) is 30.6. The highest BCUT2D eigenvalue weighted by Gasteiger charge is 2.27. The van der Waals surface area contributed by atoms with E-state index in [0.29, 0.717) is 37.8 Å². The summed E-state index contributed by atoms with van der Waals surface area (Å²) in [5, 5.41) is 18.6. The van der Waals surface area contributed by atoms with Crippen molar-refractivity contribution >= 4 is 51.4 Å². The average Bonchev–Trinajstić information content (AvgIpc) is 3.29. The van der Waals surface area contributed by atoms with Crippen LogP contribution in [0.5, 0.6) is 0 Å². The van der Waals surface area contributed by atoms with Gasteiger partial charge in [0.2, 0.25) is 17.7 Å². The number of aromatic amines is 1. The Balaban J connectivity index is 0.00000155. The number of fused-ring (bicyclic) bond motifs is 2. The number of H-pyrrole nitrogens is 1. The topological polar surface area (TPSA) is 161 Å². The molecule has 10 nitrogen and oxygen atoms in total. The lowest BCUT2D eigenvalue weighted by molar-refractivity contribution is -0.191. The first-order valence-electron chi connectivity index (χ1n) is 14.2. The average molecular weight is 574 g/mol. The summed E-state index contributed by atoms with van der Waals surface area (Å²) in [6.07, 6.45) is 8.82. The molecule has 3 atom stereocenters. The number of carbonyl (C=O) groups is 3. The van der Waals surface area contributed by atoms with Crippen LogP contribution in [0.25, 0.3) is 21.8 Å². The molecule has 0 fully saturated rings. The Labute approximate surface area is 245 Å². The van der Waals surface area contributed by atoms with Gasteiger partial charge >= 0.3 is 6.15 Å². The van der Waals surface area contributed by atoms with Crippen molar-refractivity contribution in [1.82, 2.24) is 20.9 Å². The first-order chi connectivity index (χ1) is 20.1. The molecule has 4 bridgehead atoms. The number of allylic oxidation sites excluding steroid dienone is 1. The summed E-state index contributed by atoms with van der Waals surface area (Å²) in [5.41, 5.74) is 4.78. The maximum atomic E-state index is 13.5. The number of hydrogen-bond donors (Lipinski definition) is 5. The minimum Gasteiger partial charge on any atom is -0.355 e. The van der Waals surface area contributed by atoms with Crippen molar-refractivity contribution in [2.45, 2.75) is 83.8 Å². The lowest BCUT2D eigenvalue weighted by atomic mass is 10.00. The Morgan fingerprint density at radius 1 is 0.952 bits per heavy atom. The molecule has 0 radical (unpaired) electrons. The number of hydrogen-bond acceptors (Lipinski definition) is 6. The third-order valence-electron chi connectivity index (χ3n) is 7.19. The van der Waals surface area contributed by atoms with E-state index < -0.39 is 12.1 Å². The van der Waals surface area contributed by atoms with Crippen molar-refractivity contribution in [3.63, 3.8) is 0 Å². The summed E-state index contributed by atoms with van der Waals surface area (Å²) in [6, 6.07) is 10.8. The second kappa shape index (κ2) is 15.4. The summed E-state index contributed by atoms with van der Waals surface area (Å²) >= 11 is 0. The van der Waals surface area contributed by atoms with E-state index in [-0.39, 0.29) is 29.9 Å². The van der Waals surface area contributed by atoms with Crippen LogP contribution in [0.3, 0.4) is 0 Å². The third-order valence-corrected chi connectivity index (χ3v) is 7.19. The Kier molecular flexibility index (Phi) is 11.8. The van der Waals surface area contributed by atoms with Crippen molar-refractivity contribution in [2.24, 2.45) is 0 Å². The van der Waals surface area contributed by atoms with Crippen LogP contribution in [-0.4, -0.2) is 52.7 Å². The maximum Gasteiger partial charge on any atom is 0.373 e. The van der Waals surface area contributed by atoms with Gasteiger partial charge in [0.1, 0.15) is 12.1 Å². The molecule has 222 valence electrons. The van der Waals surface area contributed by atoms with Gasteiger partial charge in [-0.3, -0.25) is 14.4 Å². The van der Waals surface area contributed by atoms with Gasteiger partial charge < -0.3 is 26.3 Å². The van der Waals surface area contributed by atoms with E-state index in [0.717, 1.165) is 40.2 Å². The molecule has 1 aliphatic heterocycles. The van der Waals surface area contributed by atoms with Gasteiger partial charge in [0, 0.05) is 46.9 Å². The van der Waals surface area contributed by atoms with Crippen LogP contribution in [0, 0.1) is 5.41 Å².